The number of hydrogen-bond donors (Lipinski definition) is 0. The molecule has 2 aromatic rings. The number of alkyl halides is 3. The zero-order chi connectivity index (χ0) is 21.0. The lowest BCUT2D eigenvalue weighted by molar-refractivity contribution is -0.0436. The summed E-state index contributed by atoms with van der Waals surface area (Å²) in [5.74, 6) is -0.350. The first kappa shape index (κ1) is 19.9. The maximum atomic E-state index is 14.2. The van der Waals surface area contributed by atoms with E-state index in [-0.39, 0.29) is 11.2 Å². The maximum absolute atomic E-state index is 14.2. The number of benzene rings is 2. The summed E-state index contributed by atoms with van der Waals surface area (Å²) >= 11 is 0. The van der Waals surface area contributed by atoms with Gasteiger partial charge in [0, 0.05) is 0 Å². The molecule has 0 atom stereocenters. The Morgan fingerprint density at radius 2 is 1.48 bits per heavy atom. The lowest BCUT2D eigenvalue weighted by Gasteiger charge is -2.12. The quantitative estimate of drug-likeness (QED) is 0.597. The molecule has 0 bridgehead atoms. The SMILES string of the molecule is COc1ccc(C2=C(c3ccc(S(=O)(=O)C(F)(F)F)cc3)CC3(CC3)C2)cc1F. The van der Waals surface area contributed by atoms with E-state index in [2.05, 4.69) is 0 Å². The van der Waals surface area contributed by atoms with E-state index in [9.17, 15) is 26.0 Å². The third kappa shape index (κ3) is 3.43. The number of rotatable bonds is 4. The van der Waals surface area contributed by atoms with Crippen molar-refractivity contribution in [3.05, 3.63) is 59.4 Å². The zero-order valence-corrected chi connectivity index (χ0v) is 16.3. The Hall–Kier alpha value is -2.35. The van der Waals surface area contributed by atoms with Crippen molar-refractivity contribution in [2.75, 3.05) is 7.11 Å². The molecule has 4 rings (SSSR count). The van der Waals surface area contributed by atoms with Gasteiger partial charge < -0.3 is 4.74 Å². The highest BCUT2D eigenvalue weighted by atomic mass is 32.2. The fourth-order valence-electron chi connectivity index (χ4n) is 3.93. The highest BCUT2D eigenvalue weighted by molar-refractivity contribution is 7.92. The molecule has 2 aromatic carbocycles. The Kier molecular flexibility index (Phi) is 4.53. The molecule has 0 amide bonds. The van der Waals surface area contributed by atoms with Crippen LogP contribution in [-0.2, 0) is 9.84 Å². The van der Waals surface area contributed by atoms with Gasteiger partial charge in [-0.3, -0.25) is 0 Å². The summed E-state index contributed by atoms with van der Waals surface area (Å²) in [6.07, 6.45) is 3.58. The maximum Gasteiger partial charge on any atom is 0.501 e. The first-order valence-electron chi connectivity index (χ1n) is 9.04. The summed E-state index contributed by atoms with van der Waals surface area (Å²) in [5.41, 5.74) is -2.00. The molecule has 2 aliphatic rings. The van der Waals surface area contributed by atoms with Gasteiger partial charge in [-0.25, -0.2) is 12.8 Å². The van der Waals surface area contributed by atoms with E-state index in [1.165, 1.54) is 25.3 Å². The van der Waals surface area contributed by atoms with E-state index in [4.69, 9.17) is 4.74 Å². The summed E-state index contributed by atoms with van der Waals surface area (Å²) < 4.78 is 80.7. The van der Waals surface area contributed by atoms with Gasteiger partial charge in [0.15, 0.2) is 11.6 Å². The van der Waals surface area contributed by atoms with Crippen LogP contribution < -0.4 is 4.74 Å². The van der Waals surface area contributed by atoms with Crippen LogP contribution in [0.1, 0.15) is 36.8 Å². The monoisotopic (exact) mass is 426 g/mol. The number of methoxy groups -OCH3 is 1. The molecule has 2 aliphatic carbocycles. The molecule has 0 unspecified atom stereocenters. The van der Waals surface area contributed by atoms with Crippen molar-refractivity contribution in [3.63, 3.8) is 0 Å². The van der Waals surface area contributed by atoms with Gasteiger partial charge in [0.05, 0.1) is 12.0 Å². The van der Waals surface area contributed by atoms with Crippen molar-refractivity contribution in [2.45, 2.75) is 36.1 Å². The van der Waals surface area contributed by atoms with Crippen molar-refractivity contribution >= 4 is 21.0 Å². The predicted octanol–water partition coefficient (Wildman–Crippen LogP) is 5.61. The van der Waals surface area contributed by atoms with E-state index >= 15 is 0 Å². The van der Waals surface area contributed by atoms with Gasteiger partial charge in [0.2, 0.25) is 0 Å². The third-order valence-electron chi connectivity index (χ3n) is 5.74. The number of halogens is 4. The van der Waals surface area contributed by atoms with Crippen LogP contribution in [0, 0.1) is 11.2 Å². The smallest absolute Gasteiger partial charge is 0.494 e. The molecule has 1 saturated carbocycles. The minimum atomic E-state index is -5.39. The molecule has 1 spiro atoms. The Morgan fingerprint density at radius 1 is 0.931 bits per heavy atom. The van der Waals surface area contributed by atoms with Crippen LogP contribution in [0.4, 0.5) is 17.6 Å². The van der Waals surface area contributed by atoms with Gasteiger partial charge in [0.25, 0.3) is 9.84 Å². The average Bonchev–Trinajstić information content (AvgIpc) is 3.31. The minimum Gasteiger partial charge on any atom is -0.494 e. The topological polar surface area (TPSA) is 43.4 Å². The Balaban J connectivity index is 1.75. The van der Waals surface area contributed by atoms with Crippen molar-refractivity contribution in [2.24, 2.45) is 5.41 Å². The van der Waals surface area contributed by atoms with Crippen LogP contribution in [0.25, 0.3) is 11.1 Å². The highest BCUT2D eigenvalue weighted by Gasteiger charge is 2.49. The second-order valence-corrected chi connectivity index (χ2v) is 9.57. The van der Waals surface area contributed by atoms with Gasteiger partial charge in [-0.15, -0.1) is 0 Å². The standard InChI is InChI=1S/C21H18F4O3S/c1-28-19-7-4-14(10-18(19)22)17-12-20(8-9-20)11-16(17)13-2-5-15(6-3-13)29(26,27)21(23,24)25/h2-7,10H,8-9,11-12H2,1H3. The van der Waals surface area contributed by atoms with Crippen molar-refractivity contribution < 1.29 is 30.7 Å². The minimum absolute atomic E-state index is 0.123. The Labute approximate surface area is 165 Å². The summed E-state index contributed by atoms with van der Waals surface area (Å²) in [7, 11) is -4.00. The molecular formula is C21H18F4O3S. The molecular weight excluding hydrogens is 408 g/mol. The zero-order valence-electron chi connectivity index (χ0n) is 15.5. The fraction of sp³-hybridized carbons (Fsp3) is 0.333. The number of allylic oxidation sites excluding steroid dienone is 2. The number of sulfone groups is 1. The molecule has 0 aliphatic heterocycles. The van der Waals surface area contributed by atoms with E-state index < -0.39 is 26.1 Å². The molecule has 29 heavy (non-hydrogen) atoms. The van der Waals surface area contributed by atoms with Crippen LogP contribution in [0.15, 0.2) is 47.4 Å². The average molecular weight is 426 g/mol. The van der Waals surface area contributed by atoms with Crippen LogP contribution in [0.5, 0.6) is 5.75 Å². The summed E-state index contributed by atoms with van der Waals surface area (Å²) in [6, 6.07) is 9.47. The molecule has 0 heterocycles. The largest absolute Gasteiger partial charge is 0.501 e. The summed E-state index contributed by atoms with van der Waals surface area (Å²) in [6.45, 7) is 0. The molecule has 1 fully saturated rings. The van der Waals surface area contributed by atoms with Crippen LogP contribution >= 0.6 is 0 Å². The van der Waals surface area contributed by atoms with E-state index in [0.29, 0.717) is 11.1 Å². The normalized spacial score (nSPS) is 18.4. The van der Waals surface area contributed by atoms with E-state index in [0.717, 1.165) is 49.0 Å². The molecule has 0 N–H and O–H groups in total. The van der Waals surface area contributed by atoms with Gasteiger partial charge >= 0.3 is 5.51 Å². The van der Waals surface area contributed by atoms with Gasteiger partial charge in [-0.05, 0) is 77.6 Å². The molecule has 0 radical (unpaired) electrons. The molecule has 0 aromatic heterocycles. The van der Waals surface area contributed by atoms with Crippen LogP contribution in [-0.4, -0.2) is 21.0 Å². The Bertz CT molecular complexity index is 1100. The first-order valence-corrected chi connectivity index (χ1v) is 10.5. The second-order valence-electron chi connectivity index (χ2n) is 7.63. The third-order valence-corrected chi connectivity index (χ3v) is 7.25. The van der Waals surface area contributed by atoms with Crippen molar-refractivity contribution in [1.29, 1.82) is 0 Å². The molecule has 0 saturated heterocycles. The fourth-order valence-corrected chi connectivity index (χ4v) is 4.69. The van der Waals surface area contributed by atoms with Gasteiger partial charge in [-0.2, -0.15) is 13.2 Å². The summed E-state index contributed by atoms with van der Waals surface area (Å²) in [5, 5.41) is 0. The number of ether oxygens (including phenoxy) is 1. The van der Waals surface area contributed by atoms with Crippen LogP contribution in [0.3, 0.4) is 0 Å². The van der Waals surface area contributed by atoms with Crippen LogP contribution in [0.2, 0.25) is 0 Å². The highest BCUT2D eigenvalue weighted by Crippen LogP contribution is 2.63. The van der Waals surface area contributed by atoms with Crippen molar-refractivity contribution in [3.8, 4) is 5.75 Å². The second kappa shape index (κ2) is 6.58. The molecule has 8 heteroatoms. The number of hydrogen-bond acceptors (Lipinski definition) is 3. The summed E-state index contributed by atoms with van der Waals surface area (Å²) in [4.78, 5) is -0.787. The molecule has 3 nitrogen and oxygen atoms in total. The Morgan fingerprint density at radius 3 is 1.97 bits per heavy atom. The van der Waals surface area contributed by atoms with E-state index in [1.807, 2.05) is 0 Å². The molecule has 154 valence electrons. The lowest BCUT2D eigenvalue weighted by Crippen LogP contribution is -2.23. The predicted molar refractivity (Wildman–Crippen MR) is 100 cm³/mol. The van der Waals surface area contributed by atoms with Crippen molar-refractivity contribution in [1.82, 2.24) is 0 Å². The first-order chi connectivity index (χ1) is 13.6. The lowest BCUT2D eigenvalue weighted by atomic mass is 9.97. The van der Waals surface area contributed by atoms with Gasteiger partial charge in [-0.1, -0.05) is 18.2 Å². The van der Waals surface area contributed by atoms with E-state index in [1.54, 1.807) is 12.1 Å². The van der Waals surface area contributed by atoms with Gasteiger partial charge in [0.1, 0.15) is 0 Å².